The molecule has 0 aromatic heterocycles. The molecule has 4 rings (SSSR count). The lowest BCUT2D eigenvalue weighted by molar-refractivity contribution is -0.0389. The van der Waals surface area contributed by atoms with Crippen LogP contribution in [0.15, 0.2) is 11.6 Å². The Labute approximate surface area is 142 Å². The van der Waals surface area contributed by atoms with Gasteiger partial charge in [0.05, 0.1) is 5.60 Å². The van der Waals surface area contributed by atoms with E-state index in [9.17, 15) is 5.11 Å². The van der Waals surface area contributed by atoms with Crippen LogP contribution in [0.1, 0.15) is 79.1 Å². The summed E-state index contributed by atoms with van der Waals surface area (Å²) in [5, 5.41) is 10.5. The van der Waals surface area contributed by atoms with E-state index in [1.807, 2.05) is 6.92 Å². The van der Waals surface area contributed by atoms with E-state index in [2.05, 4.69) is 26.8 Å². The Morgan fingerprint density at radius 2 is 1.83 bits per heavy atom. The maximum Gasteiger partial charge on any atom is 0.0657 e. The first-order valence-electron chi connectivity index (χ1n) is 10.2. The van der Waals surface area contributed by atoms with Crippen LogP contribution < -0.4 is 0 Å². The third-order valence-corrected chi connectivity index (χ3v) is 8.59. The lowest BCUT2D eigenvalue weighted by Gasteiger charge is -2.55. The Morgan fingerprint density at radius 3 is 2.57 bits per heavy atom. The molecule has 0 saturated heterocycles. The van der Waals surface area contributed by atoms with E-state index < -0.39 is 5.60 Å². The normalized spacial score (nSPS) is 52.6. The van der Waals surface area contributed by atoms with Crippen LogP contribution in [-0.4, -0.2) is 10.7 Å². The molecule has 0 unspecified atom stereocenters. The van der Waals surface area contributed by atoms with Gasteiger partial charge in [0, 0.05) is 0 Å². The van der Waals surface area contributed by atoms with Gasteiger partial charge in [-0.25, -0.2) is 0 Å². The fourth-order valence-corrected chi connectivity index (χ4v) is 7.60. The summed E-state index contributed by atoms with van der Waals surface area (Å²) in [5.74, 6) is 5.43. The number of hydrogen-bond acceptors (Lipinski definition) is 1. The molecule has 23 heavy (non-hydrogen) atoms. The predicted octanol–water partition coefficient (Wildman–Crippen LogP) is 5.58. The van der Waals surface area contributed by atoms with Crippen LogP contribution in [0.5, 0.6) is 0 Å². The summed E-state index contributed by atoms with van der Waals surface area (Å²) in [6, 6.07) is 0. The smallest absolute Gasteiger partial charge is 0.0657 e. The predicted molar refractivity (Wildman–Crippen MR) is 96.0 cm³/mol. The van der Waals surface area contributed by atoms with Crippen molar-refractivity contribution in [3.63, 3.8) is 0 Å². The van der Waals surface area contributed by atoms with Gasteiger partial charge in [-0.2, -0.15) is 0 Å². The Hall–Kier alpha value is -0.300. The van der Waals surface area contributed by atoms with Crippen molar-refractivity contribution in [3.05, 3.63) is 11.6 Å². The van der Waals surface area contributed by atoms with Gasteiger partial charge in [0.1, 0.15) is 0 Å². The van der Waals surface area contributed by atoms with Gasteiger partial charge in [0.25, 0.3) is 0 Å². The Morgan fingerprint density at radius 1 is 1.04 bits per heavy atom. The van der Waals surface area contributed by atoms with Crippen molar-refractivity contribution >= 4 is 0 Å². The van der Waals surface area contributed by atoms with Gasteiger partial charge in [0.2, 0.25) is 0 Å². The third kappa shape index (κ3) is 2.44. The van der Waals surface area contributed by atoms with Crippen LogP contribution in [0, 0.1) is 40.9 Å². The topological polar surface area (TPSA) is 20.2 Å². The fraction of sp³-hybridized carbons (Fsp3) is 0.909. The van der Waals surface area contributed by atoms with Crippen molar-refractivity contribution in [2.24, 2.45) is 40.9 Å². The standard InChI is InChI=1S/C22H36O/c1-14(2)19-7-8-20-18-6-5-15-13-21(3,23)11-9-16(15)17(18)10-12-22(19,20)4/h5,14,16-20,23H,6-13H2,1-4H3/t16-,17+,18+,19+,20-,21-,22+/m0/s1. The Bertz CT molecular complexity index is 502. The van der Waals surface area contributed by atoms with Crippen molar-refractivity contribution in [1.29, 1.82) is 0 Å². The second kappa shape index (κ2) is 5.35. The van der Waals surface area contributed by atoms with Crippen LogP contribution in [0.25, 0.3) is 0 Å². The number of hydrogen-bond donors (Lipinski definition) is 1. The van der Waals surface area contributed by atoms with E-state index in [-0.39, 0.29) is 0 Å². The average molecular weight is 317 g/mol. The largest absolute Gasteiger partial charge is 0.390 e. The highest BCUT2D eigenvalue weighted by Gasteiger charge is 2.56. The minimum Gasteiger partial charge on any atom is -0.390 e. The zero-order valence-electron chi connectivity index (χ0n) is 15.6. The van der Waals surface area contributed by atoms with Crippen LogP contribution >= 0.6 is 0 Å². The Kier molecular flexibility index (Phi) is 3.76. The third-order valence-electron chi connectivity index (χ3n) is 8.59. The summed E-state index contributed by atoms with van der Waals surface area (Å²) in [6.45, 7) is 9.58. The Balaban J connectivity index is 1.59. The first kappa shape index (κ1) is 16.2. The molecule has 0 bridgehead atoms. The van der Waals surface area contributed by atoms with Crippen LogP contribution in [0.3, 0.4) is 0 Å². The summed E-state index contributed by atoms with van der Waals surface area (Å²) in [4.78, 5) is 0. The van der Waals surface area contributed by atoms with E-state index in [4.69, 9.17) is 0 Å². The number of fused-ring (bicyclic) bond motifs is 5. The van der Waals surface area contributed by atoms with Gasteiger partial charge < -0.3 is 5.11 Å². The molecule has 7 atom stereocenters. The summed E-state index contributed by atoms with van der Waals surface area (Å²) >= 11 is 0. The van der Waals surface area contributed by atoms with Crippen molar-refractivity contribution in [1.82, 2.24) is 0 Å². The van der Waals surface area contributed by atoms with Crippen LogP contribution in [0.2, 0.25) is 0 Å². The van der Waals surface area contributed by atoms with Gasteiger partial charge in [-0.05, 0) is 99.2 Å². The number of rotatable bonds is 1. The molecule has 1 nitrogen and oxygen atoms in total. The molecule has 4 aliphatic rings. The molecule has 1 heteroatoms. The van der Waals surface area contributed by atoms with Gasteiger partial charge in [-0.1, -0.05) is 32.4 Å². The molecule has 0 spiro atoms. The fourth-order valence-electron chi connectivity index (χ4n) is 7.60. The quantitative estimate of drug-likeness (QED) is 0.626. The lowest BCUT2D eigenvalue weighted by Crippen LogP contribution is -2.47. The molecule has 0 aromatic rings. The monoisotopic (exact) mass is 316 g/mol. The first-order chi connectivity index (χ1) is 10.8. The second-order valence-corrected chi connectivity index (χ2v) is 10.2. The van der Waals surface area contributed by atoms with E-state index in [0.29, 0.717) is 5.41 Å². The highest BCUT2D eigenvalue weighted by atomic mass is 16.3. The number of allylic oxidation sites excluding steroid dienone is 1. The van der Waals surface area contributed by atoms with Gasteiger partial charge >= 0.3 is 0 Å². The highest BCUT2D eigenvalue weighted by molar-refractivity contribution is 5.21. The maximum absolute atomic E-state index is 10.5. The highest BCUT2D eigenvalue weighted by Crippen LogP contribution is 2.64. The molecule has 0 heterocycles. The molecule has 0 amide bonds. The van der Waals surface area contributed by atoms with Crippen LogP contribution in [-0.2, 0) is 0 Å². The summed E-state index contributed by atoms with van der Waals surface area (Å²) in [7, 11) is 0. The lowest BCUT2D eigenvalue weighted by atomic mass is 9.50. The SMILES string of the molecule is CC(C)[C@H]1CC[C@H]2[C@@H]3CC=C4C[C@@](C)(O)CC[C@@H]4[C@H]3CC[C@]12C. The first-order valence-corrected chi connectivity index (χ1v) is 10.2. The minimum atomic E-state index is -0.436. The average Bonchev–Trinajstić information content (AvgIpc) is 2.83. The molecule has 1 N–H and O–H groups in total. The number of aliphatic hydroxyl groups is 1. The molecule has 130 valence electrons. The van der Waals surface area contributed by atoms with Crippen molar-refractivity contribution in [2.45, 2.75) is 84.7 Å². The molecule has 3 fully saturated rings. The van der Waals surface area contributed by atoms with Gasteiger partial charge in [0.15, 0.2) is 0 Å². The molecule has 4 aliphatic carbocycles. The molecule has 0 aromatic carbocycles. The zero-order valence-corrected chi connectivity index (χ0v) is 15.6. The molecular weight excluding hydrogens is 280 g/mol. The summed E-state index contributed by atoms with van der Waals surface area (Å²) in [5.41, 5.74) is 1.79. The molecule has 3 saturated carbocycles. The molecule has 0 aliphatic heterocycles. The van der Waals surface area contributed by atoms with Crippen molar-refractivity contribution in [3.8, 4) is 0 Å². The molecule has 0 radical (unpaired) electrons. The van der Waals surface area contributed by atoms with Crippen LogP contribution in [0.4, 0.5) is 0 Å². The molecular formula is C22H36O. The summed E-state index contributed by atoms with van der Waals surface area (Å²) in [6.07, 6.45) is 12.9. The maximum atomic E-state index is 10.5. The van der Waals surface area contributed by atoms with E-state index in [0.717, 1.165) is 48.3 Å². The van der Waals surface area contributed by atoms with Gasteiger partial charge in [-0.15, -0.1) is 0 Å². The van der Waals surface area contributed by atoms with E-state index in [1.165, 1.54) is 38.5 Å². The summed E-state index contributed by atoms with van der Waals surface area (Å²) < 4.78 is 0. The van der Waals surface area contributed by atoms with Crippen molar-refractivity contribution in [2.75, 3.05) is 0 Å². The van der Waals surface area contributed by atoms with Gasteiger partial charge in [-0.3, -0.25) is 0 Å². The minimum absolute atomic E-state index is 0.436. The van der Waals surface area contributed by atoms with Crippen molar-refractivity contribution < 1.29 is 5.11 Å². The van der Waals surface area contributed by atoms with E-state index in [1.54, 1.807) is 5.57 Å². The zero-order chi connectivity index (χ0) is 16.4. The second-order valence-electron chi connectivity index (χ2n) is 10.2. The van der Waals surface area contributed by atoms with E-state index >= 15 is 0 Å².